The van der Waals surface area contributed by atoms with E-state index < -0.39 is 0 Å². The maximum absolute atomic E-state index is 3.36. The van der Waals surface area contributed by atoms with E-state index in [4.69, 9.17) is 0 Å². The Morgan fingerprint density at radius 2 is 0.540 bits per heavy atom. The molecule has 2 aromatic heterocycles. The van der Waals surface area contributed by atoms with Gasteiger partial charge < -0.3 is 9.13 Å². The van der Waals surface area contributed by atoms with Crippen LogP contribution in [0.5, 0.6) is 0 Å². The zero-order chi connectivity index (χ0) is 58.4. The Morgan fingerprint density at radius 1 is 0.241 bits per heavy atom. The molecule has 2 heteroatoms. The van der Waals surface area contributed by atoms with E-state index in [0.29, 0.717) is 0 Å². The van der Waals surface area contributed by atoms with E-state index in [1.165, 1.54) is 159 Å². The minimum Gasteiger partial charge on any atom is -0.309 e. The highest BCUT2D eigenvalue weighted by Crippen LogP contribution is 2.48. The van der Waals surface area contributed by atoms with Gasteiger partial charge in [0, 0.05) is 32.6 Å². The molecule has 0 aliphatic heterocycles. The highest BCUT2D eigenvalue weighted by atomic mass is 15.0. The van der Waals surface area contributed by atoms with Crippen LogP contribution in [0.25, 0.3) is 153 Å². The highest BCUT2D eigenvalue weighted by Gasteiger charge is 2.22. The number of hydrogen-bond acceptors (Lipinski definition) is 0. The summed E-state index contributed by atoms with van der Waals surface area (Å²) in [5.74, 6) is 0. The molecule has 2 nitrogen and oxygen atoms in total. The second kappa shape index (κ2) is 22.4. The van der Waals surface area contributed by atoms with Crippen LogP contribution in [0, 0.1) is 6.92 Å². The van der Waals surface area contributed by atoms with Crippen LogP contribution in [-0.2, 0) is 0 Å². The third kappa shape index (κ3) is 8.89. The van der Waals surface area contributed by atoms with Crippen LogP contribution < -0.4 is 0 Å². The smallest absolute Gasteiger partial charge is 0.0541 e. The fourth-order valence-corrected chi connectivity index (χ4v) is 13.8. The monoisotopic (exact) mass is 1110 g/mol. The van der Waals surface area contributed by atoms with Crippen LogP contribution >= 0.6 is 0 Å². The normalized spacial score (nSPS) is 11.4. The van der Waals surface area contributed by atoms with Crippen LogP contribution in [0.4, 0.5) is 0 Å². The molecule has 0 N–H and O–H groups in total. The predicted octanol–water partition coefficient (Wildman–Crippen LogP) is 23.7. The Hall–Kier alpha value is -11.3. The van der Waals surface area contributed by atoms with Gasteiger partial charge in [-0.2, -0.15) is 0 Å². The fraction of sp³-hybridized carbons (Fsp3) is 0.0118. The van der Waals surface area contributed by atoms with Crippen molar-refractivity contribution in [2.24, 2.45) is 0 Å². The Bertz CT molecular complexity index is 5280. The van der Waals surface area contributed by atoms with E-state index in [9.17, 15) is 0 Å². The number of aryl methyl sites for hydroxylation is 1. The lowest BCUT2D eigenvalue weighted by Gasteiger charge is -2.20. The van der Waals surface area contributed by atoms with Crippen molar-refractivity contribution in [2.75, 3.05) is 0 Å². The first kappa shape index (κ1) is 52.5. The average molecular weight is 1110 g/mol. The van der Waals surface area contributed by atoms with Gasteiger partial charge in [0.15, 0.2) is 0 Å². The molecule has 0 atom stereocenters. The van der Waals surface area contributed by atoms with E-state index in [0.717, 1.165) is 0 Å². The van der Waals surface area contributed by atoms with Crippen molar-refractivity contribution in [3.05, 3.63) is 340 Å². The van der Waals surface area contributed by atoms with E-state index in [1.807, 2.05) is 0 Å². The predicted molar refractivity (Wildman–Crippen MR) is 376 cm³/mol. The van der Waals surface area contributed by atoms with E-state index in [1.54, 1.807) is 12.2 Å². The van der Waals surface area contributed by atoms with Gasteiger partial charge in [-0.3, -0.25) is 0 Å². The summed E-state index contributed by atoms with van der Waals surface area (Å²) in [6, 6.07) is 113. The lowest BCUT2D eigenvalue weighted by molar-refractivity contribution is 1.18. The SMILES string of the molecule is C=CC=C.Cc1ccc(-n2c3ccccc3c3ccccc32)cc1-c1c2ccccc2c(-c2ccccc2)c2ccccc12.c1ccc(-c2c3ccccc3c(-c3ccc(-n4c5ccccc5c5ccccc54)c4ccccc34)c3ccccc23)cc1. The summed E-state index contributed by atoms with van der Waals surface area (Å²) >= 11 is 0. The van der Waals surface area contributed by atoms with Crippen molar-refractivity contribution in [3.8, 4) is 55.9 Å². The quantitative estimate of drug-likeness (QED) is 0.111. The van der Waals surface area contributed by atoms with Gasteiger partial charge in [-0.15, -0.1) is 0 Å². The van der Waals surface area contributed by atoms with Crippen molar-refractivity contribution < 1.29 is 0 Å². The molecule has 87 heavy (non-hydrogen) atoms. The number of nitrogens with zero attached hydrogens (tertiary/aromatic N) is 2. The molecule has 0 saturated heterocycles. The van der Waals surface area contributed by atoms with Crippen LogP contribution in [0.1, 0.15) is 5.56 Å². The second-order valence-electron chi connectivity index (χ2n) is 22.3. The first-order valence-corrected chi connectivity index (χ1v) is 29.9. The first-order chi connectivity index (χ1) is 43.1. The Balaban J connectivity index is 0.000000139. The van der Waals surface area contributed by atoms with Crippen molar-refractivity contribution in [1.82, 2.24) is 9.13 Å². The molecule has 410 valence electrons. The third-order valence-corrected chi connectivity index (χ3v) is 17.5. The maximum atomic E-state index is 3.36. The molecule has 0 saturated carbocycles. The lowest BCUT2D eigenvalue weighted by atomic mass is 9.84. The van der Waals surface area contributed by atoms with E-state index >= 15 is 0 Å². The first-order valence-electron chi connectivity index (χ1n) is 29.9. The summed E-state index contributed by atoms with van der Waals surface area (Å²) < 4.78 is 4.85. The molecule has 15 aromatic carbocycles. The summed E-state index contributed by atoms with van der Waals surface area (Å²) in [5, 5.41) is 17.8. The zero-order valence-electron chi connectivity index (χ0n) is 48.4. The molecule has 17 rings (SSSR count). The van der Waals surface area contributed by atoms with Gasteiger partial charge in [0.25, 0.3) is 0 Å². The van der Waals surface area contributed by atoms with Crippen molar-refractivity contribution >= 4 is 97.5 Å². The maximum Gasteiger partial charge on any atom is 0.0541 e. The van der Waals surface area contributed by atoms with Crippen LogP contribution in [0.2, 0.25) is 0 Å². The number of hydrogen-bond donors (Lipinski definition) is 0. The van der Waals surface area contributed by atoms with Gasteiger partial charge in [0.1, 0.15) is 0 Å². The molecular formula is C85H60N2. The molecule has 17 aromatic rings. The topological polar surface area (TPSA) is 9.86 Å². The summed E-state index contributed by atoms with van der Waals surface area (Å²) in [7, 11) is 0. The molecule has 0 aliphatic rings. The Morgan fingerprint density at radius 3 is 0.920 bits per heavy atom. The number of rotatable bonds is 7. The van der Waals surface area contributed by atoms with Crippen molar-refractivity contribution in [1.29, 1.82) is 0 Å². The van der Waals surface area contributed by atoms with Crippen LogP contribution in [0.3, 0.4) is 0 Å². The molecule has 2 heterocycles. The number of fused-ring (bicyclic) bond motifs is 11. The Labute approximate surface area is 506 Å². The van der Waals surface area contributed by atoms with Gasteiger partial charge in [0.2, 0.25) is 0 Å². The standard InChI is InChI=1S/C42H27N.C39H27N.C4H6/c1-2-14-28(15-3-1)41-33-20-6-8-22-35(33)42(36-23-9-7-21-34(36)41)37-26-27-40(30-17-5-4-16-29(30)37)43-38-24-12-10-18-31(38)32-19-11-13-25-39(32)43;1-26-23-24-28(40-36-21-11-9-15-29(36)30-16-10-12-22-37(30)40)25-35(26)39-33-19-7-5-17-31(33)38(27-13-3-2-4-14-27)32-18-6-8-20-34(32)39;1-3-4-2/h1-27H;2-25H,1H3;3-4H,1-2H2. The summed E-state index contributed by atoms with van der Waals surface area (Å²) in [6.07, 6.45) is 3.28. The molecular weight excluding hydrogens is 1050 g/mol. The van der Waals surface area contributed by atoms with Crippen LogP contribution in [0.15, 0.2) is 335 Å². The summed E-state index contributed by atoms with van der Waals surface area (Å²) in [5.41, 5.74) is 18.8. The molecule has 0 radical (unpaired) electrons. The average Bonchev–Trinajstić information content (AvgIpc) is 1.39. The third-order valence-electron chi connectivity index (χ3n) is 17.5. The molecule has 0 bridgehead atoms. The minimum atomic E-state index is 1.18. The molecule has 0 amide bonds. The summed E-state index contributed by atoms with van der Waals surface area (Å²) in [6.45, 7) is 8.96. The molecule has 0 aliphatic carbocycles. The highest BCUT2D eigenvalue weighted by molar-refractivity contribution is 6.25. The van der Waals surface area contributed by atoms with Crippen LogP contribution in [-0.4, -0.2) is 9.13 Å². The number of para-hydroxylation sites is 4. The lowest BCUT2D eigenvalue weighted by Crippen LogP contribution is -1.97. The number of allylic oxidation sites excluding steroid dienone is 2. The van der Waals surface area contributed by atoms with Crippen molar-refractivity contribution in [3.63, 3.8) is 0 Å². The van der Waals surface area contributed by atoms with E-state index in [2.05, 4.69) is 339 Å². The second-order valence-corrected chi connectivity index (χ2v) is 22.3. The van der Waals surface area contributed by atoms with E-state index in [-0.39, 0.29) is 0 Å². The molecule has 0 spiro atoms. The summed E-state index contributed by atoms with van der Waals surface area (Å²) in [4.78, 5) is 0. The van der Waals surface area contributed by atoms with Gasteiger partial charge >= 0.3 is 0 Å². The van der Waals surface area contributed by atoms with Crippen molar-refractivity contribution in [2.45, 2.75) is 6.92 Å². The molecule has 0 unspecified atom stereocenters. The molecule has 0 fully saturated rings. The zero-order valence-corrected chi connectivity index (χ0v) is 48.4. The van der Waals surface area contributed by atoms with Gasteiger partial charge in [-0.25, -0.2) is 0 Å². The Kier molecular flexibility index (Phi) is 13.5. The number of benzene rings is 15. The van der Waals surface area contributed by atoms with Gasteiger partial charge in [-0.1, -0.05) is 292 Å². The number of aromatic nitrogens is 2. The fourth-order valence-electron chi connectivity index (χ4n) is 13.8. The van der Waals surface area contributed by atoms with Gasteiger partial charge in [0.05, 0.1) is 27.8 Å². The largest absolute Gasteiger partial charge is 0.309 e. The van der Waals surface area contributed by atoms with Gasteiger partial charge in [-0.05, 0) is 148 Å². The minimum absolute atomic E-state index is 1.18.